The fourth-order valence-corrected chi connectivity index (χ4v) is 3.20. The van der Waals surface area contributed by atoms with Crippen LogP contribution in [0.5, 0.6) is 0 Å². The van der Waals surface area contributed by atoms with E-state index in [0.29, 0.717) is 18.8 Å². The number of hydrogen-bond acceptors (Lipinski definition) is 4. The summed E-state index contributed by atoms with van der Waals surface area (Å²) < 4.78 is 30.5. The van der Waals surface area contributed by atoms with Gasteiger partial charge in [0.2, 0.25) is 15.9 Å². The molecule has 0 aliphatic heterocycles. The van der Waals surface area contributed by atoms with Crippen molar-refractivity contribution >= 4 is 21.6 Å². The molecule has 1 aromatic rings. The van der Waals surface area contributed by atoms with Crippen LogP contribution in [-0.2, 0) is 19.6 Å². The molecule has 0 saturated carbocycles. The molecule has 1 N–H and O–H groups in total. The van der Waals surface area contributed by atoms with Crippen molar-refractivity contribution in [3.63, 3.8) is 0 Å². The van der Waals surface area contributed by atoms with E-state index in [4.69, 9.17) is 4.74 Å². The van der Waals surface area contributed by atoms with Gasteiger partial charge in [0.25, 0.3) is 0 Å². The van der Waals surface area contributed by atoms with Gasteiger partial charge in [-0.1, -0.05) is 32.0 Å². The van der Waals surface area contributed by atoms with Crippen LogP contribution in [0, 0.1) is 0 Å². The van der Waals surface area contributed by atoms with Crippen LogP contribution >= 0.6 is 0 Å². The highest BCUT2D eigenvalue weighted by molar-refractivity contribution is 7.92. The van der Waals surface area contributed by atoms with Gasteiger partial charge in [-0.25, -0.2) is 8.42 Å². The molecule has 0 unspecified atom stereocenters. The van der Waals surface area contributed by atoms with E-state index in [9.17, 15) is 13.2 Å². The Bertz CT molecular complexity index is 614. The number of sulfonamides is 1. The van der Waals surface area contributed by atoms with Crippen LogP contribution in [0.3, 0.4) is 0 Å². The predicted molar refractivity (Wildman–Crippen MR) is 92.2 cm³/mol. The first-order valence-corrected chi connectivity index (χ1v) is 9.44. The normalized spacial score (nSPS) is 11.5. The van der Waals surface area contributed by atoms with Crippen LogP contribution in [0.25, 0.3) is 0 Å². The van der Waals surface area contributed by atoms with E-state index in [1.54, 1.807) is 19.2 Å². The number of amides is 1. The van der Waals surface area contributed by atoms with Gasteiger partial charge in [0.1, 0.15) is 0 Å². The molecule has 6 nitrogen and oxygen atoms in total. The van der Waals surface area contributed by atoms with Crippen LogP contribution in [-0.4, -0.2) is 47.4 Å². The Morgan fingerprint density at radius 2 is 1.96 bits per heavy atom. The maximum absolute atomic E-state index is 12.2. The number of rotatable bonds is 9. The fraction of sp³-hybridized carbons (Fsp3) is 0.562. The Kier molecular flexibility index (Phi) is 7.51. The molecule has 0 aromatic heterocycles. The Morgan fingerprint density at radius 3 is 2.52 bits per heavy atom. The summed E-state index contributed by atoms with van der Waals surface area (Å²) in [7, 11) is -1.91. The van der Waals surface area contributed by atoms with Gasteiger partial charge in [0.05, 0.1) is 18.6 Å². The topological polar surface area (TPSA) is 75.7 Å². The van der Waals surface area contributed by atoms with E-state index in [2.05, 4.69) is 5.32 Å². The van der Waals surface area contributed by atoms with Gasteiger partial charge in [-0.2, -0.15) is 0 Å². The average molecular weight is 342 g/mol. The molecule has 1 rings (SSSR count). The summed E-state index contributed by atoms with van der Waals surface area (Å²) >= 11 is 0. The molecule has 0 spiro atoms. The highest BCUT2D eigenvalue weighted by atomic mass is 32.2. The number of hydrogen-bond donors (Lipinski definition) is 1. The van der Waals surface area contributed by atoms with Crippen LogP contribution in [0.2, 0.25) is 0 Å². The third-order valence-corrected chi connectivity index (χ3v) is 4.58. The molecule has 0 bridgehead atoms. The summed E-state index contributed by atoms with van der Waals surface area (Å²) in [5.74, 6) is -0.0105. The van der Waals surface area contributed by atoms with Crippen molar-refractivity contribution in [1.29, 1.82) is 0 Å². The van der Waals surface area contributed by atoms with E-state index in [-0.39, 0.29) is 24.8 Å². The van der Waals surface area contributed by atoms with E-state index in [1.165, 1.54) is 4.31 Å². The first-order chi connectivity index (χ1) is 10.8. The fourth-order valence-electron chi connectivity index (χ4n) is 2.25. The van der Waals surface area contributed by atoms with Gasteiger partial charge in [-0.3, -0.25) is 9.10 Å². The maximum Gasteiger partial charge on any atom is 0.232 e. The number of benzene rings is 1. The SMILES string of the molecule is COCCNC(=O)CCN(c1ccccc1C(C)C)S(C)(=O)=O. The van der Waals surface area contributed by atoms with Crippen molar-refractivity contribution in [3.05, 3.63) is 29.8 Å². The number of para-hydroxylation sites is 1. The zero-order chi connectivity index (χ0) is 17.5. The van der Waals surface area contributed by atoms with Crippen molar-refractivity contribution in [1.82, 2.24) is 5.32 Å². The quantitative estimate of drug-likeness (QED) is 0.694. The average Bonchev–Trinajstić information content (AvgIpc) is 2.46. The molecule has 0 atom stereocenters. The minimum Gasteiger partial charge on any atom is -0.383 e. The summed E-state index contributed by atoms with van der Waals surface area (Å²) in [6.07, 6.45) is 1.26. The van der Waals surface area contributed by atoms with Gasteiger partial charge in [0, 0.05) is 26.6 Å². The number of ether oxygens (including phenoxy) is 1. The molecule has 0 heterocycles. The molecule has 1 aromatic carbocycles. The lowest BCUT2D eigenvalue weighted by Crippen LogP contribution is -2.36. The lowest BCUT2D eigenvalue weighted by Gasteiger charge is -2.26. The summed E-state index contributed by atoms with van der Waals surface area (Å²) in [5, 5.41) is 2.69. The predicted octanol–water partition coefficient (Wildman–Crippen LogP) is 1.73. The first kappa shape index (κ1) is 19.4. The number of nitrogens with zero attached hydrogens (tertiary/aromatic N) is 1. The number of carbonyl (C=O) groups excluding carboxylic acids is 1. The second-order valence-corrected chi connectivity index (χ2v) is 7.55. The monoisotopic (exact) mass is 342 g/mol. The van der Waals surface area contributed by atoms with Crippen LogP contribution in [0.1, 0.15) is 31.7 Å². The third-order valence-electron chi connectivity index (χ3n) is 3.40. The molecule has 7 heteroatoms. The maximum atomic E-state index is 12.2. The highest BCUT2D eigenvalue weighted by Gasteiger charge is 2.21. The first-order valence-electron chi connectivity index (χ1n) is 7.59. The Balaban J connectivity index is 2.90. The molecule has 0 aliphatic rings. The minimum absolute atomic E-state index is 0.100. The second kappa shape index (κ2) is 8.88. The minimum atomic E-state index is -3.47. The second-order valence-electron chi connectivity index (χ2n) is 5.64. The molecular formula is C16H26N2O4S. The highest BCUT2D eigenvalue weighted by Crippen LogP contribution is 2.29. The molecular weight excluding hydrogens is 316 g/mol. The molecule has 0 radical (unpaired) electrons. The zero-order valence-corrected chi connectivity index (χ0v) is 15.0. The lowest BCUT2D eigenvalue weighted by molar-refractivity contribution is -0.121. The van der Waals surface area contributed by atoms with Gasteiger partial charge in [-0.15, -0.1) is 0 Å². The number of nitrogens with one attached hydrogen (secondary N) is 1. The standard InChI is InChI=1S/C16H26N2O4S/c1-13(2)14-7-5-6-8-15(14)18(23(4,20)21)11-9-16(19)17-10-12-22-3/h5-8,13H,9-12H2,1-4H3,(H,17,19). The van der Waals surface area contributed by atoms with E-state index >= 15 is 0 Å². The van der Waals surface area contributed by atoms with Crippen molar-refractivity contribution < 1.29 is 17.9 Å². The van der Waals surface area contributed by atoms with Crippen molar-refractivity contribution in [3.8, 4) is 0 Å². The Morgan fingerprint density at radius 1 is 1.30 bits per heavy atom. The number of anilines is 1. The van der Waals surface area contributed by atoms with Gasteiger partial charge < -0.3 is 10.1 Å². The Labute approximate surface area is 138 Å². The molecule has 130 valence electrons. The number of methoxy groups -OCH3 is 1. The molecule has 0 fully saturated rings. The number of carbonyl (C=O) groups is 1. The summed E-state index contributed by atoms with van der Waals surface area (Å²) in [6.45, 7) is 4.98. The molecule has 23 heavy (non-hydrogen) atoms. The molecule has 0 aliphatic carbocycles. The van der Waals surface area contributed by atoms with Crippen molar-refractivity contribution in [2.24, 2.45) is 0 Å². The van der Waals surface area contributed by atoms with Gasteiger partial charge in [0.15, 0.2) is 0 Å². The summed E-state index contributed by atoms with van der Waals surface area (Å²) in [6, 6.07) is 7.38. The van der Waals surface area contributed by atoms with Gasteiger partial charge in [-0.05, 0) is 17.5 Å². The zero-order valence-electron chi connectivity index (χ0n) is 14.2. The molecule has 0 saturated heterocycles. The summed E-state index contributed by atoms with van der Waals surface area (Å²) in [5.41, 5.74) is 1.58. The third kappa shape index (κ3) is 6.19. The Hall–Kier alpha value is -1.60. The van der Waals surface area contributed by atoms with Crippen molar-refractivity contribution in [2.45, 2.75) is 26.2 Å². The molecule has 1 amide bonds. The van der Waals surface area contributed by atoms with Gasteiger partial charge >= 0.3 is 0 Å². The summed E-state index contributed by atoms with van der Waals surface area (Å²) in [4.78, 5) is 11.8. The smallest absolute Gasteiger partial charge is 0.232 e. The van der Waals surface area contributed by atoms with Crippen LogP contribution in [0.15, 0.2) is 24.3 Å². The van der Waals surface area contributed by atoms with E-state index < -0.39 is 10.0 Å². The van der Waals surface area contributed by atoms with Crippen LogP contribution in [0.4, 0.5) is 5.69 Å². The largest absolute Gasteiger partial charge is 0.383 e. The van der Waals surface area contributed by atoms with E-state index in [0.717, 1.165) is 11.8 Å². The lowest BCUT2D eigenvalue weighted by atomic mass is 10.0. The van der Waals surface area contributed by atoms with Crippen LogP contribution < -0.4 is 9.62 Å². The van der Waals surface area contributed by atoms with Crippen molar-refractivity contribution in [2.75, 3.05) is 37.4 Å². The van der Waals surface area contributed by atoms with E-state index in [1.807, 2.05) is 26.0 Å².